The monoisotopic (exact) mass is 248 g/mol. The summed E-state index contributed by atoms with van der Waals surface area (Å²) in [5.74, 6) is -1.15. The lowest BCUT2D eigenvalue weighted by atomic mass is 10.1. The highest BCUT2D eigenvalue weighted by molar-refractivity contribution is 7.56. The number of carboxylic acid groups (broad SMARTS) is 1. The van der Waals surface area contributed by atoms with Crippen LogP contribution >= 0.6 is 19.0 Å². The molecule has 0 aliphatic heterocycles. The molecule has 0 spiro atoms. The van der Waals surface area contributed by atoms with Gasteiger partial charge in [-0.3, -0.25) is 4.57 Å². The largest absolute Gasteiger partial charge is 0.478 e. The molecule has 0 heterocycles. The van der Waals surface area contributed by atoms with E-state index >= 15 is 0 Å². The molecule has 1 atom stereocenters. The van der Waals surface area contributed by atoms with Gasteiger partial charge in [0, 0.05) is 11.7 Å². The molecule has 1 rings (SSSR count). The predicted octanol–water partition coefficient (Wildman–Crippen LogP) is 2.44. The first-order valence-corrected chi connectivity index (χ1v) is 6.78. The van der Waals surface area contributed by atoms with Crippen molar-refractivity contribution in [3.8, 4) is 0 Å². The van der Waals surface area contributed by atoms with Gasteiger partial charge in [-0.2, -0.15) is 0 Å². The van der Waals surface area contributed by atoms with Crippen molar-refractivity contribution in [1.29, 1.82) is 0 Å². The lowest BCUT2D eigenvalue weighted by molar-refractivity contribution is 0.0696. The summed E-state index contributed by atoms with van der Waals surface area (Å²) in [6.07, 6.45) is -0.228. The van der Waals surface area contributed by atoms with E-state index in [2.05, 4.69) is 0 Å². The van der Waals surface area contributed by atoms with Crippen LogP contribution in [0.25, 0.3) is 0 Å². The smallest absolute Gasteiger partial charge is 0.336 e. The zero-order valence-corrected chi connectivity index (χ0v) is 9.63. The normalized spacial score (nSPS) is 14.6. The van der Waals surface area contributed by atoms with Gasteiger partial charge in [-0.15, -0.1) is 0 Å². The Balaban J connectivity index is 3.25. The minimum atomic E-state index is -3.33. The van der Waals surface area contributed by atoms with E-state index in [-0.39, 0.29) is 22.3 Å². The van der Waals surface area contributed by atoms with E-state index in [0.29, 0.717) is 0 Å². The molecule has 15 heavy (non-hydrogen) atoms. The molecule has 1 aromatic carbocycles. The Hall–Kier alpha value is -0.830. The zero-order chi connectivity index (χ0) is 11.6. The minimum absolute atomic E-state index is 0.0291. The Bertz CT molecular complexity index is 438. The van der Waals surface area contributed by atoms with Gasteiger partial charge in [0.2, 0.25) is 7.37 Å². The molecule has 4 nitrogen and oxygen atoms in total. The van der Waals surface area contributed by atoms with Crippen LogP contribution in [0.4, 0.5) is 0 Å². The lowest BCUT2D eigenvalue weighted by Gasteiger charge is -2.10. The molecule has 0 fully saturated rings. The lowest BCUT2D eigenvalue weighted by Crippen LogP contribution is -2.03. The number of aromatic carboxylic acids is 1. The van der Waals surface area contributed by atoms with E-state index in [9.17, 15) is 14.3 Å². The van der Waals surface area contributed by atoms with E-state index in [1.807, 2.05) is 0 Å². The van der Waals surface area contributed by atoms with Crippen molar-refractivity contribution in [3.05, 3.63) is 34.3 Å². The van der Waals surface area contributed by atoms with Crippen LogP contribution in [0.15, 0.2) is 18.2 Å². The predicted molar refractivity (Wildman–Crippen MR) is 57.9 cm³/mol. The summed E-state index contributed by atoms with van der Waals surface area (Å²) in [6, 6.07) is 4.35. The molecule has 82 valence electrons. The molecule has 0 aliphatic carbocycles. The number of benzene rings is 1. The number of carboxylic acids is 1. The number of hydrogen-bond donors (Lipinski definition) is 2. The molecule has 0 aliphatic rings. The summed E-state index contributed by atoms with van der Waals surface area (Å²) >= 11 is 5.78. The van der Waals surface area contributed by atoms with Gasteiger partial charge in [0.1, 0.15) is 0 Å². The van der Waals surface area contributed by atoms with Gasteiger partial charge < -0.3 is 10.00 Å². The third-order valence-corrected chi connectivity index (χ3v) is 3.06. The third kappa shape index (κ3) is 3.34. The minimum Gasteiger partial charge on any atom is -0.478 e. The summed E-state index contributed by atoms with van der Waals surface area (Å²) in [5, 5.41) is 9.06. The van der Waals surface area contributed by atoms with Gasteiger partial charge >= 0.3 is 5.97 Å². The number of carbonyl (C=O) groups is 1. The summed E-state index contributed by atoms with van der Waals surface area (Å²) in [5.41, 5.74) is 0.179. The molecule has 6 heteroatoms. The van der Waals surface area contributed by atoms with Crippen molar-refractivity contribution in [2.24, 2.45) is 0 Å². The Morgan fingerprint density at radius 2 is 2.13 bits per heavy atom. The molecule has 0 amide bonds. The van der Waals surface area contributed by atoms with Crippen molar-refractivity contribution in [1.82, 2.24) is 0 Å². The molecule has 0 radical (unpaired) electrons. The molecular formula is C9H10ClO4P. The first-order chi connectivity index (χ1) is 6.81. The van der Waals surface area contributed by atoms with Crippen LogP contribution in [0.1, 0.15) is 15.9 Å². The molecule has 0 aromatic heterocycles. The fourth-order valence-corrected chi connectivity index (χ4v) is 2.48. The molecule has 0 saturated heterocycles. The first-order valence-electron chi connectivity index (χ1n) is 4.11. The van der Waals surface area contributed by atoms with Crippen LogP contribution in [-0.4, -0.2) is 22.6 Å². The highest BCUT2D eigenvalue weighted by Crippen LogP contribution is 2.42. The summed E-state index contributed by atoms with van der Waals surface area (Å²) in [6.45, 7) is 1.17. The first kappa shape index (κ1) is 12.2. The van der Waals surface area contributed by atoms with Gasteiger partial charge in [-0.05, 0) is 17.7 Å². The van der Waals surface area contributed by atoms with Crippen LogP contribution < -0.4 is 0 Å². The second-order valence-corrected chi connectivity index (χ2v) is 6.11. The Kier molecular flexibility index (Phi) is 3.55. The standard InChI is InChI=1S/C9H10ClO4P/c1-15(13,14)5-7-6(9(11)12)3-2-4-8(7)10/h2-4H,5H2,1H3,(H,11,12)(H,13,14). The van der Waals surface area contributed by atoms with Crippen LogP contribution in [0.5, 0.6) is 0 Å². The maximum atomic E-state index is 11.2. The van der Waals surface area contributed by atoms with Gasteiger partial charge in [0.05, 0.1) is 11.7 Å². The Morgan fingerprint density at radius 3 is 2.60 bits per heavy atom. The van der Waals surface area contributed by atoms with E-state index in [1.54, 1.807) is 0 Å². The zero-order valence-electron chi connectivity index (χ0n) is 7.98. The topological polar surface area (TPSA) is 74.6 Å². The fraction of sp³-hybridized carbons (Fsp3) is 0.222. The van der Waals surface area contributed by atoms with Gasteiger partial charge in [-0.25, -0.2) is 4.79 Å². The molecule has 1 aromatic rings. The Labute approximate surface area is 92.0 Å². The molecule has 2 N–H and O–H groups in total. The van der Waals surface area contributed by atoms with Crippen molar-refractivity contribution in [2.75, 3.05) is 6.66 Å². The number of halogens is 1. The quantitative estimate of drug-likeness (QED) is 0.806. The molecular weight excluding hydrogens is 239 g/mol. The summed E-state index contributed by atoms with van der Waals surface area (Å²) in [4.78, 5) is 20.0. The fourth-order valence-electron chi connectivity index (χ4n) is 1.21. The number of hydrogen-bond acceptors (Lipinski definition) is 2. The van der Waals surface area contributed by atoms with E-state index < -0.39 is 13.3 Å². The van der Waals surface area contributed by atoms with Gasteiger partial charge in [0.15, 0.2) is 0 Å². The van der Waals surface area contributed by atoms with Crippen LogP contribution in [0, 0.1) is 0 Å². The van der Waals surface area contributed by atoms with E-state index in [0.717, 1.165) is 0 Å². The summed E-state index contributed by atoms with van der Waals surface area (Å²) in [7, 11) is -3.33. The van der Waals surface area contributed by atoms with Crippen molar-refractivity contribution >= 4 is 24.9 Å². The summed E-state index contributed by atoms with van der Waals surface area (Å²) < 4.78 is 11.2. The number of rotatable bonds is 3. The van der Waals surface area contributed by atoms with Gasteiger partial charge in [0.25, 0.3) is 0 Å². The second kappa shape index (κ2) is 4.35. The highest BCUT2D eigenvalue weighted by Gasteiger charge is 2.19. The van der Waals surface area contributed by atoms with Crippen molar-refractivity contribution < 1.29 is 19.4 Å². The third-order valence-electron chi connectivity index (χ3n) is 1.80. The van der Waals surface area contributed by atoms with Crippen molar-refractivity contribution in [2.45, 2.75) is 6.16 Å². The maximum absolute atomic E-state index is 11.2. The van der Waals surface area contributed by atoms with Crippen LogP contribution in [0.3, 0.4) is 0 Å². The molecule has 0 bridgehead atoms. The highest BCUT2D eigenvalue weighted by atomic mass is 35.5. The SMILES string of the molecule is CP(=O)(O)Cc1c(Cl)cccc1C(=O)O. The maximum Gasteiger partial charge on any atom is 0.336 e. The molecule has 1 unspecified atom stereocenters. The van der Waals surface area contributed by atoms with Crippen LogP contribution in [-0.2, 0) is 10.7 Å². The van der Waals surface area contributed by atoms with E-state index in [1.165, 1.54) is 24.9 Å². The Morgan fingerprint density at radius 1 is 1.53 bits per heavy atom. The molecule has 0 saturated carbocycles. The average Bonchev–Trinajstić information content (AvgIpc) is 2.05. The van der Waals surface area contributed by atoms with Crippen molar-refractivity contribution in [3.63, 3.8) is 0 Å². The van der Waals surface area contributed by atoms with E-state index in [4.69, 9.17) is 16.7 Å². The average molecular weight is 249 g/mol. The van der Waals surface area contributed by atoms with Crippen LogP contribution in [0.2, 0.25) is 5.02 Å². The van der Waals surface area contributed by atoms with Gasteiger partial charge in [-0.1, -0.05) is 17.7 Å². The second-order valence-electron chi connectivity index (χ2n) is 3.28.